The molecule has 0 radical (unpaired) electrons. The quantitative estimate of drug-likeness (QED) is 0.561. The molecule has 1 atom stereocenters. The molecule has 1 saturated heterocycles. The summed E-state index contributed by atoms with van der Waals surface area (Å²) >= 11 is 0. The lowest BCUT2D eigenvalue weighted by molar-refractivity contribution is 0.202. The second-order valence-electron chi connectivity index (χ2n) is 8.64. The maximum absolute atomic E-state index is 11.6. The van der Waals surface area contributed by atoms with Gasteiger partial charge in [-0.3, -0.25) is 4.90 Å². The monoisotopic (exact) mass is 438 g/mol. The van der Waals surface area contributed by atoms with Crippen molar-refractivity contribution in [3.63, 3.8) is 0 Å². The minimum Gasteiger partial charge on any atom is -0.297 e. The molecule has 0 aliphatic carbocycles. The Labute approximate surface area is 184 Å². The highest BCUT2D eigenvalue weighted by Gasteiger charge is 2.22. The minimum absolute atomic E-state index is 0.108. The molecule has 2 aromatic carbocycles. The highest BCUT2D eigenvalue weighted by atomic mass is 32.2. The van der Waals surface area contributed by atoms with Gasteiger partial charge in [0.25, 0.3) is 0 Å². The molecule has 7 heteroatoms. The number of aromatic nitrogens is 3. The maximum Gasteiger partial charge on any atom is 0.151 e. The van der Waals surface area contributed by atoms with E-state index in [0.717, 1.165) is 43.7 Å². The molecule has 1 aromatic heterocycles. The van der Waals surface area contributed by atoms with E-state index in [1.807, 2.05) is 35.0 Å². The van der Waals surface area contributed by atoms with Crippen molar-refractivity contribution in [3.05, 3.63) is 83.2 Å². The third kappa shape index (κ3) is 5.80. The van der Waals surface area contributed by atoms with Gasteiger partial charge in [0.1, 0.15) is 0 Å². The fraction of sp³-hybridized carbons (Fsp3) is 0.417. The molecule has 0 N–H and O–H groups in total. The summed E-state index contributed by atoms with van der Waals surface area (Å²) in [6.07, 6.45) is 5.47. The van der Waals surface area contributed by atoms with Crippen molar-refractivity contribution in [1.82, 2.24) is 19.9 Å². The van der Waals surface area contributed by atoms with Crippen LogP contribution in [0.4, 0.5) is 0 Å². The summed E-state index contributed by atoms with van der Waals surface area (Å²) in [5, 5.41) is 8.74. The van der Waals surface area contributed by atoms with Gasteiger partial charge in [-0.1, -0.05) is 59.8 Å². The van der Waals surface area contributed by atoms with Crippen LogP contribution in [0.1, 0.15) is 54.1 Å². The molecule has 1 fully saturated rings. The second-order valence-corrected chi connectivity index (χ2v) is 10.8. The summed E-state index contributed by atoms with van der Waals surface area (Å²) in [5.41, 5.74) is 4.35. The number of nitrogens with zero attached hydrogens (tertiary/aromatic N) is 4. The molecule has 3 aromatic rings. The van der Waals surface area contributed by atoms with Crippen molar-refractivity contribution in [2.75, 3.05) is 19.3 Å². The average molecular weight is 439 g/mol. The van der Waals surface area contributed by atoms with Crippen LogP contribution in [0, 0.1) is 0 Å². The zero-order valence-electron chi connectivity index (χ0n) is 18.2. The number of rotatable bonds is 7. The molecule has 0 amide bonds. The van der Waals surface area contributed by atoms with E-state index >= 15 is 0 Å². The van der Waals surface area contributed by atoms with E-state index in [-0.39, 0.29) is 11.8 Å². The van der Waals surface area contributed by atoms with Gasteiger partial charge in [0.2, 0.25) is 0 Å². The molecular weight excluding hydrogens is 408 g/mol. The number of likely N-dealkylation sites (tertiary alicyclic amines) is 1. The molecule has 1 aliphatic rings. The van der Waals surface area contributed by atoms with Gasteiger partial charge in [-0.25, -0.2) is 13.1 Å². The normalized spacial score (nSPS) is 17.0. The lowest BCUT2D eigenvalue weighted by Gasteiger charge is -2.31. The van der Waals surface area contributed by atoms with Crippen LogP contribution in [0.2, 0.25) is 0 Å². The SMILES string of the molecule is CC(c1ccccc1)n1cc(CN2CCC(c3cccc(CS(C)(=O)=O)c3)CC2)nn1. The number of hydrogen-bond acceptors (Lipinski definition) is 5. The van der Waals surface area contributed by atoms with Gasteiger partial charge in [0.15, 0.2) is 9.84 Å². The highest BCUT2D eigenvalue weighted by molar-refractivity contribution is 7.89. The van der Waals surface area contributed by atoms with Crippen molar-refractivity contribution >= 4 is 9.84 Å². The van der Waals surface area contributed by atoms with Crippen LogP contribution in [0.5, 0.6) is 0 Å². The predicted molar refractivity (Wildman–Crippen MR) is 123 cm³/mol. The van der Waals surface area contributed by atoms with Crippen molar-refractivity contribution in [2.45, 2.75) is 44.0 Å². The second kappa shape index (κ2) is 9.32. The molecule has 2 heterocycles. The molecule has 0 bridgehead atoms. The Bertz CT molecular complexity index is 1100. The first-order valence-electron chi connectivity index (χ1n) is 10.8. The van der Waals surface area contributed by atoms with Crippen LogP contribution in [-0.4, -0.2) is 47.7 Å². The van der Waals surface area contributed by atoms with Gasteiger partial charge in [0, 0.05) is 12.8 Å². The Balaban J connectivity index is 1.33. The smallest absolute Gasteiger partial charge is 0.151 e. The standard InChI is InChI=1S/C24H30N4O2S/c1-19(21-8-4-3-5-9-21)28-17-24(25-26-28)16-27-13-11-22(12-14-27)23-10-6-7-20(15-23)18-31(2,29)30/h3-10,15,17,19,22H,11-14,16,18H2,1-2H3. The van der Waals surface area contributed by atoms with Crippen molar-refractivity contribution < 1.29 is 8.42 Å². The van der Waals surface area contributed by atoms with E-state index in [1.165, 1.54) is 17.4 Å². The molecule has 0 spiro atoms. The van der Waals surface area contributed by atoms with E-state index in [9.17, 15) is 8.42 Å². The van der Waals surface area contributed by atoms with Crippen molar-refractivity contribution in [3.8, 4) is 0 Å². The third-order valence-corrected chi connectivity index (χ3v) is 6.92. The van der Waals surface area contributed by atoms with Gasteiger partial charge in [-0.2, -0.15) is 0 Å². The Morgan fingerprint density at radius 2 is 1.81 bits per heavy atom. The molecule has 31 heavy (non-hydrogen) atoms. The summed E-state index contributed by atoms with van der Waals surface area (Å²) in [6, 6.07) is 18.6. The average Bonchev–Trinajstić information content (AvgIpc) is 3.22. The van der Waals surface area contributed by atoms with Crippen LogP contribution in [0.3, 0.4) is 0 Å². The highest BCUT2D eigenvalue weighted by Crippen LogP contribution is 2.29. The van der Waals surface area contributed by atoms with E-state index in [0.29, 0.717) is 5.92 Å². The molecule has 1 aliphatic heterocycles. The fourth-order valence-electron chi connectivity index (χ4n) is 4.35. The van der Waals surface area contributed by atoms with Gasteiger partial charge >= 0.3 is 0 Å². The molecule has 6 nitrogen and oxygen atoms in total. The molecular formula is C24H30N4O2S. The van der Waals surface area contributed by atoms with Crippen molar-refractivity contribution in [1.29, 1.82) is 0 Å². The number of piperidine rings is 1. The molecule has 4 rings (SSSR count). The lowest BCUT2D eigenvalue weighted by atomic mass is 9.88. The summed E-state index contributed by atoms with van der Waals surface area (Å²) in [5.74, 6) is 0.584. The van der Waals surface area contributed by atoms with E-state index in [2.05, 4.69) is 52.6 Å². The topological polar surface area (TPSA) is 68.1 Å². The zero-order valence-corrected chi connectivity index (χ0v) is 19.0. The van der Waals surface area contributed by atoms with Crippen LogP contribution < -0.4 is 0 Å². The van der Waals surface area contributed by atoms with Gasteiger partial charge in [-0.05, 0) is 55.5 Å². The predicted octanol–water partition coefficient (Wildman–Crippen LogP) is 3.81. The molecule has 0 saturated carbocycles. The Morgan fingerprint density at radius 3 is 2.52 bits per heavy atom. The summed E-state index contributed by atoms with van der Waals surface area (Å²) in [7, 11) is -3.01. The largest absolute Gasteiger partial charge is 0.297 e. The van der Waals surface area contributed by atoms with E-state index < -0.39 is 9.84 Å². The van der Waals surface area contributed by atoms with Gasteiger partial charge < -0.3 is 0 Å². The third-order valence-electron chi connectivity index (χ3n) is 6.06. The summed E-state index contributed by atoms with van der Waals surface area (Å²) in [4.78, 5) is 2.43. The first kappa shape index (κ1) is 21.7. The summed E-state index contributed by atoms with van der Waals surface area (Å²) < 4.78 is 25.2. The Kier molecular flexibility index (Phi) is 6.53. The molecule has 164 valence electrons. The molecule has 1 unspecified atom stereocenters. The van der Waals surface area contributed by atoms with E-state index in [4.69, 9.17) is 0 Å². The Hall–Kier alpha value is -2.51. The number of sulfone groups is 1. The van der Waals surface area contributed by atoms with Crippen LogP contribution in [0.15, 0.2) is 60.8 Å². The van der Waals surface area contributed by atoms with Gasteiger partial charge in [-0.15, -0.1) is 5.10 Å². The fourth-order valence-corrected chi connectivity index (χ4v) is 5.14. The van der Waals surface area contributed by atoms with Crippen LogP contribution in [0.25, 0.3) is 0 Å². The Morgan fingerprint density at radius 1 is 1.06 bits per heavy atom. The van der Waals surface area contributed by atoms with Crippen molar-refractivity contribution in [2.24, 2.45) is 0 Å². The van der Waals surface area contributed by atoms with Gasteiger partial charge in [0.05, 0.1) is 23.7 Å². The minimum atomic E-state index is -3.01. The maximum atomic E-state index is 11.6. The summed E-state index contributed by atoms with van der Waals surface area (Å²) in [6.45, 7) is 4.95. The zero-order chi connectivity index (χ0) is 21.8. The van der Waals surface area contributed by atoms with Crippen LogP contribution in [-0.2, 0) is 22.1 Å². The first-order valence-corrected chi connectivity index (χ1v) is 12.9. The number of hydrogen-bond donors (Lipinski definition) is 0. The lowest BCUT2D eigenvalue weighted by Crippen LogP contribution is -2.32. The van der Waals surface area contributed by atoms with Crippen LogP contribution >= 0.6 is 0 Å². The first-order chi connectivity index (χ1) is 14.9. The van der Waals surface area contributed by atoms with E-state index in [1.54, 1.807) is 0 Å². The number of benzene rings is 2.